The lowest BCUT2D eigenvalue weighted by atomic mass is 9.90. The summed E-state index contributed by atoms with van der Waals surface area (Å²) in [4.78, 5) is 29.2. The second-order valence-corrected chi connectivity index (χ2v) is 8.74. The van der Waals surface area contributed by atoms with Crippen molar-refractivity contribution < 1.29 is 14.5 Å². The minimum atomic E-state index is -0.668. The van der Waals surface area contributed by atoms with Crippen LogP contribution < -0.4 is 10.2 Å². The van der Waals surface area contributed by atoms with Crippen LogP contribution in [0.25, 0.3) is 0 Å². The molecule has 2 aliphatic rings. The first-order valence-electron chi connectivity index (χ1n) is 8.87. The lowest BCUT2D eigenvalue weighted by Crippen LogP contribution is -3.12. The maximum atomic E-state index is 13.0. The van der Waals surface area contributed by atoms with Gasteiger partial charge in [0.15, 0.2) is 6.67 Å². The number of carbonyl (C=O) groups is 2. The van der Waals surface area contributed by atoms with Crippen LogP contribution in [0.1, 0.15) is 43.4 Å². The number of amides is 3. The lowest BCUT2D eigenvalue weighted by molar-refractivity contribution is -0.915. The fraction of sp³-hybridized carbons (Fsp3) is 0.556. The number of nitrogens with zero attached hydrogens (tertiary/aromatic N) is 1. The molecular weight excluding hydrogens is 358 g/mol. The van der Waals surface area contributed by atoms with Gasteiger partial charge in [0.2, 0.25) is 0 Å². The molecule has 1 aromatic rings. The Morgan fingerprint density at radius 1 is 1.28 bits per heavy atom. The molecule has 5 nitrogen and oxygen atoms in total. The number of urea groups is 1. The highest BCUT2D eigenvalue weighted by molar-refractivity contribution is 7.16. The zero-order valence-electron chi connectivity index (χ0n) is 14.4. The zero-order chi connectivity index (χ0) is 17.9. The molecule has 0 bridgehead atoms. The number of nitrogens with one attached hydrogen (secondary N) is 2. The van der Waals surface area contributed by atoms with Crippen molar-refractivity contribution in [2.75, 3.05) is 13.2 Å². The Balaban J connectivity index is 1.71. The Kier molecular flexibility index (Phi) is 5.81. The van der Waals surface area contributed by atoms with Crippen LogP contribution in [-0.4, -0.2) is 35.6 Å². The number of hydrogen-bond acceptors (Lipinski definition) is 3. The molecule has 3 rings (SSSR count). The Morgan fingerprint density at radius 3 is 2.60 bits per heavy atom. The third kappa shape index (κ3) is 4.07. The standard InChI is InChI=1S/C18H24ClN3O2S/c1-2-11-21(12-14-7-8-15(19)25-14)13-22-16(23)18(20-17(22)24)9-5-3-4-6-10-18/h2,7-8H,1,3-6,9-13H2,(H,20,24)/p+1. The predicted molar refractivity (Wildman–Crippen MR) is 99.7 cm³/mol. The molecule has 136 valence electrons. The van der Waals surface area contributed by atoms with E-state index in [2.05, 4.69) is 11.9 Å². The summed E-state index contributed by atoms with van der Waals surface area (Å²) in [6.45, 7) is 5.56. The molecule has 1 aromatic heterocycles. The van der Waals surface area contributed by atoms with Gasteiger partial charge in [0.1, 0.15) is 12.1 Å². The maximum Gasteiger partial charge on any atom is 0.329 e. The average molecular weight is 383 g/mol. The first kappa shape index (κ1) is 18.4. The van der Waals surface area contributed by atoms with E-state index >= 15 is 0 Å². The summed E-state index contributed by atoms with van der Waals surface area (Å²) in [5, 5.41) is 3.00. The molecule has 1 aliphatic carbocycles. The highest BCUT2D eigenvalue weighted by atomic mass is 35.5. The Morgan fingerprint density at radius 2 is 2.00 bits per heavy atom. The van der Waals surface area contributed by atoms with Gasteiger partial charge in [-0.2, -0.15) is 0 Å². The molecule has 1 saturated heterocycles. The maximum absolute atomic E-state index is 13.0. The number of carbonyl (C=O) groups excluding carboxylic acids is 2. The van der Waals surface area contributed by atoms with Crippen LogP contribution in [0.5, 0.6) is 0 Å². The third-order valence-corrected chi connectivity index (χ3v) is 6.30. The summed E-state index contributed by atoms with van der Waals surface area (Å²) >= 11 is 7.54. The van der Waals surface area contributed by atoms with Crippen LogP contribution in [0.2, 0.25) is 4.34 Å². The van der Waals surface area contributed by atoms with Crippen molar-refractivity contribution in [1.29, 1.82) is 0 Å². The monoisotopic (exact) mass is 382 g/mol. The number of rotatable bonds is 6. The van der Waals surface area contributed by atoms with E-state index in [4.69, 9.17) is 11.6 Å². The first-order valence-corrected chi connectivity index (χ1v) is 10.1. The van der Waals surface area contributed by atoms with Crippen molar-refractivity contribution in [3.05, 3.63) is 34.0 Å². The quantitative estimate of drug-likeness (QED) is 0.587. The summed E-state index contributed by atoms with van der Waals surface area (Å²) in [6, 6.07) is 3.62. The molecule has 2 fully saturated rings. The third-order valence-electron chi connectivity index (χ3n) is 5.07. The smallest absolute Gasteiger partial charge is 0.323 e. The molecule has 2 N–H and O–H groups in total. The number of thiophene rings is 1. The molecule has 25 heavy (non-hydrogen) atoms. The van der Waals surface area contributed by atoms with Crippen molar-refractivity contribution in [3.8, 4) is 0 Å². The minimum Gasteiger partial charge on any atom is -0.323 e. The molecule has 1 saturated carbocycles. The highest BCUT2D eigenvalue weighted by Gasteiger charge is 2.51. The summed E-state index contributed by atoms with van der Waals surface area (Å²) in [7, 11) is 0. The number of imide groups is 1. The van der Waals surface area contributed by atoms with Crippen molar-refractivity contribution >= 4 is 34.9 Å². The molecule has 0 aromatic carbocycles. The summed E-state index contributed by atoms with van der Waals surface area (Å²) in [5.74, 6) is -0.0508. The van der Waals surface area contributed by atoms with Gasteiger partial charge in [-0.15, -0.1) is 11.3 Å². The molecule has 2 heterocycles. The van der Waals surface area contributed by atoms with E-state index in [1.165, 1.54) is 16.2 Å². The SMILES string of the molecule is C=CC[NH+](Cc1ccc(Cl)s1)CN1C(=O)NC2(CCCCCC2)C1=O. The number of quaternary nitrogens is 1. The van der Waals surface area contributed by atoms with Gasteiger partial charge in [0.25, 0.3) is 5.91 Å². The van der Waals surface area contributed by atoms with Crippen LogP contribution >= 0.6 is 22.9 Å². The Labute approximate surface area is 157 Å². The normalized spacial score (nSPS) is 21.2. The molecule has 1 unspecified atom stereocenters. The molecule has 7 heteroatoms. The van der Waals surface area contributed by atoms with Gasteiger partial charge in [-0.25, -0.2) is 9.69 Å². The Bertz CT molecular complexity index is 653. The van der Waals surface area contributed by atoms with Crippen molar-refractivity contribution in [2.45, 2.75) is 50.6 Å². The van der Waals surface area contributed by atoms with Crippen molar-refractivity contribution in [1.82, 2.24) is 10.2 Å². The van der Waals surface area contributed by atoms with Gasteiger partial charge in [-0.05, 0) is 31.1 Å². The van der Waals surface area contributed by atoms with Crippen LogP contribution in [0.15, 0.2) is 24.8 Å². The predicted octanol–water partition coefficient (Wildman–Crippen LogP) is 2.57. The van der Waals surface area contributed by atoms with Crippen molar-refractivity contribution in [2.24, 2.45) is 0 Å². The molecule has 1 aliphatic heterocycles. The van der Waals surface area contributed by atoms with Gasteiger partial charge in [-0.1, -0.05) is 43.9 Å². The van der Waals surface area contributed by atoms with Crippen LogP contribution in [0.3, 0.4) is 0 Å². The van der Waals surface area contributed by atoms with Gasteiger partial charge in [0, 0.05) is 0 Å². The Hall–Kier alpha value is -1.37. The summed E-state index contributed by atoms with van der Waals surface area (Å²) < 4.78 is 0.750. The highest BCUT2D eigenvalue weighted by Crippen LogP contribution is 2.32. The minimum absolute atomic E-state index is 0.0508. The summed E-state index contributed by atoms with van der Waals surface area (Å²) in [5.41, 5.74) is -0.668. The molecule has 1 atom stereocenters. The average Bonchev–Trinajstić information content (AvgIpc) is 2.96. The largest absolute Gasteiger partial charge is 0.329 e. The van der Waals surface area contributed by atoms with Crippen molar-refractivity contribution in [3.63, 3.8) is 0 Å². The van der Waals surface area contributed by atoms with Crippen LogP contribution in [0.4, 0.5) is 4.79 Å². The molecular formula is C18H25ClN3O2S+. The zero-order valence-corrected chi connectivity index (χ0v) is 15.9. The van der Waals surface area contributed by atoms with E-state index < -0.39 is 5.54 Å². The topological polar surface area (TPSA) is 53.9 Å². The van der Waals surface area contributed by atoms with Gasteiger partial charge >= 0.3 is 6.03 Å². The molecule has 1 spiro atoms. The second-order valence-electron chi connectivity index (χ2n) is 6.94. The molecule has 3 amide bonds. The van der Waals surface area contributed by atoms with Gasteiger partial charge < -0.3 is 10.2 Å². The second kappa shape index (κ2) is 7.89. The number of hydrogen-bond donors (Lipinski definition) is 2. The lowest BCUT2D eigenvalue weighted by Gasteiger charge is -2.26. The summed E-state index contributed by atoms with van der Waals surface area (Å²) in [6.07, 6.45) is 7.60. The van der Waals surface area contributed by atoms with E-state index in [0.29, 0.717) is 19.8 Å². The van der Waals surface area contributed by atoms with Crippen LogP contribution in [-0.2, 0) is 11.3 Å². The fourth-order valence-corrected chi connectivity index (χ4v) is 4.96. The van der Waals surface area contributed by atoms with E-state index in [1.54, 1.807) is 0 Å². The van der Waals surface area contributed by atoms with Gasteiger partial charge in [-0.3, -0.25) is 4.79 Å². The van der Waals surface area contributed by atoms with E-state index in [-0.39, 0.29) is 11.9 Å². The fourth-order valence-electron chi connectivity index (χ4n) is 3.80. The van der Waals surface area contributed by atoms with E-state index in [1.807, 2.05) is 18.2 Å². The molecule has 0 radical (unpaired) electrons. The number of halogens is 1. The van der Waals surface area contributed by atoms with Gasteiger partial charge in [0.05, 0.1) is 15.8 Å². The van der Waals surface area contributed by atoms with E-state index in [0.717, 1.165) is 52.6 Å². The first-order chi connectivity index (χ1) is 12.0. The van der Waals surface area contributed by atoms with E-state index in [9.17, 15) is 9.59 Å². The van der Waals surface area contributed by atoms with Crippen LogP contribution in [0, 0.1) is 0 Å².